The Balaban J connectivity index is 1.91. The Hall–Kier alpha value is -2.17. The van der Waals surface area contributed by atoms with E-state index >= 15 is 0 Å². The number of amides is 1. The molecule has 0 aromatic carbocycles. The summed E-state index contributed by atoms with van der Waals surface area (Å²) in [5.74, 6) is 0.487. The Bertz CT molecular complexity index is 526. The zero-order valence-electron chi connectivity index (χ0n) is 11.8. The van der Waals surface area contributed by atoms with E-state index < -0.39 is 6.10 Å². The number of hydrogen-bond donors (Lipinski definition) is 2. The molecule has 0 spiro atoms. The lowest BCUT2D eigenvalue weighted by Crippen LogP contribution is -2.52. The first kappa shape index (κ1) is 15.2. The fraction of sp³-hybridized carbons (Fsp3) is 0.500. The molecule has 2 rings (SSSR count). The summed E-state index contributed by atoms with van der Waals surface area (Å²) in [4.78, 5) is 17.4. The van der Waals surface area contributed by atoms with Crippen LogP contribution in [-0.4, -0.2) is 59.8 Å². The quantitative estimate of drug-likeness (QED) is 0.808. The number of β-amino-alcohol motifs (C(OH)–C–C–N with tert-alkyl or cyclic N) is 1. The predicted octanol–water partition coefficient (Wildman–Crippen LogP) is -0.0266. The molecule has 1 fully saturated rings. The molecule has 1 aromatic heterocycles. The number of nitrogens with one attached hydrogen (secondary N) is 1. The number of carbonyl (C=O) groups is 1. The molecule has 112 valence electrons. The molecule has 21 heavy (non-hydrogen) atoms. The van der Waals surface area contributed by atoms with Gasteiger partial charge in [-0.25, -0.2) is 4.98 Å². The van der Waals surface area contributed by atoms with Crippen LogP contribution in [0.1, 0.15) is 12.0 Å². The van der Waals surface area contributed by atoms with Crippen molar-refractivity contribution in [1.29, 1.82) is 5.26 Å². The highest BCUT2D eigenvalue weighted by Crippen LogP contribution is 2.16. The lowest BCUT2D eigenvalue weighted by molar-refractivity contribution is -0.138. The number of anilines is 1. The van der Waals surface area contributed by atoms with Crippen molar-refractivity contribution in [1.82, 2.24) is 9.88 Å². The Morgan fingerprint density at radius 2 is 2.48 bits per heavy atom. The number of aliphatic hydroxyl groups excluding tert-OH is 1. The standard InChI is InChI=1S/C14H18N4O3/c1-21-9-14(20)18-5-4-11(12(19)8-18)17-13-3-2-10(6-15)7-16-13/h2-3,7,11-12,19H,4-5,8-9H2,1H3,(H,16,17)/t11-,12-/m1/s1. The van der Waals surface area contributed by atoms with Gasteiger partial charge in [-0.15, -0.1) is 0 Å². The zero-order chi connectivity index (χ0) is 15.2. The third-order valence-electron chi connectivity index (χ3n) is 3.43. The number of nitrogens with zero attached hydrogens (tertiary/aromatic N) is 3. The van der Waals surface area contributed by atoms with E-state index in [1.807, 2.05) is 6.07 Å². The van der Waals surface area contributed by atoms with Gasteiger partial charge in [0.25, 0.3) is 0 Å². The smallest absolute Gasteiger partial charge is 0.248 e. The fourth-order valence-electron chi connectivity index (χ4n) is 2.28. The summed E-state index contributed by atoms with van der Waals surface area (Å²) in [5.41, 5.74) is 0.487. The van der Waals surface area contributed by atoms with Gasteiger partial charge in [-0.2, -0.15) is 5.26 Å². The van der Waals surface area contributed by atoms with Crippen LogP contribution in [0.3, 0.4) is 0 Å². The molecule has 0 unspecified atom stereocenters. The Kier molecular flexibility index (Phi) is 5.09. The molecule has 1 aliphatic heterocycles. The van der Waals surface area contributed by atoms with Gasteiger partial charge >= 0.3 is 0 Å². The number of ether oxygens (including phenoxy) is 1. The summed E-state index contributed by atoms with van der Waals surface area (Å²) < 4.78 is 4.81. The number of aromatic nitrogens is 1. The molecule has 1 saturated heterocycles. The average Bonchev–Trinajstić information content (AvgIpc) is 2.50. The highest BCUT2D eigenvalue weighted by atomic mass is 16.5. The third kappa shape index (κ3) is 3.90. The van der Waals surface area contributed by atoms with Crippen LogP contribution in [0, 0.1) is 11.3 Å². The van der Waals surface area contributed by atoms with Crippen molar-refractivity contribution in [2.24, 2.45) is 0 Å². The highest BCUT2D eigenvalue weighted by molar-refractivity contribution is 5.77. The number of likely N-dealkylation sites (tertiary alicyclic amines) is 1. The van der Waals surface area contributed by atoms with Gasteiger partial charge < -0.3 is 20.1 Å². The number of rotatable bonds is 4. The van der Waals surface area contributed by atoms with Crippen molar-refractivity contribution in [2.75, 3.05) is 32.1 Å². The summed E-state index contributed by atoms with van der Waals surface area (Å²) in [6, 6.07) is 5.20. The van der Waals surface area contributed by atoms with E-state index in [1.165, 1.54) is 13.3 Å². The lowest BCUT2D eigenvalue weighted by atomic mass is 10.0. The van der Waals surface area contributed by atoms with E-state index in [0.717, 1.165) is 0 Å². The summed E-state index contributed by atoms with van der Waals surface area (Å²) in [7, 11) is 1.47. The summed E-state index contributed by atoms with van der Waals surface area (Å²) in [6.45, 7) is 0.866. The number of nitriles is 1. The van der Waals surface area contributed by atoms with Gasteiger partial charge in [0.1, 0.15) is 18.5 Å². The van der Waals surface area contributed by atoms with Crippen LogP contribution >= 0.6 is 0 Å². The molecule has 7 heteroatoms. The van der Waals surface area contributed by atoms with Gasteiger partial charge in [-0.1, -0.05) is 0 Å². The second-order valence-corrected chi connectivity index (χ2v) is 4.92. The van der Waals surface area contributed by atoms with Crippen molar-refractivity contribution >= 4 is 11.7 Å². The first-order valence-electron chi connectivity index (χ1n) is 6.71. The van der Waals surface area contributed by atoms with Crippen molar-refractivity contribution < 1.29 is 14.6 Å². The lowest BCUT2D eigenvalue weighted by Gasteiger charge is -2.36. The molecule has 2 atom stereocenters. The maximum absolute atomic E-state index is 11.7. The van der Waals surface area contributed by atoms with Crippen LogP contribution in [0.15, 0.2) is 18.3 Å². The number of hydrogen-bond acceptors (Lipinski definition) is 6. The van der Waals surface area contributed by atoms with Gasteiger partial charge in [-0.3, -0.25) is 4.79 Å². The maximum atomic E-state index is 11.7. The maximum Gasteiger partial charge on any atom is 0.248 e. The van der Waals surface area contributed by atoms with Gasteiger partial charge in [-0.05, 0) is 18.6 Å². The highest BCUT2D eigenvalue weighted by Gasteiger charge is 2.30. The molecule has 7 nitrogen and oxygen atoms in total. The first-order chi connectivity index (χ1) is 10.1. The van der Waals surface area contributed by atoms with E-state index in [-0.39, 0.29) is 25.1 Å². The summed E-state index contributed by atoms with van der Waals surface area (Å²) in [5, 5.41) is 22.0. The van der Waals surface area contributed by atoms with Crippen LogP contribution in [0.4, 0.5) is 5.82 Å². The molecule has 2 N–H and O–H groups in total. The molecular weight excluding hydrogens is 272 g/mol. The largest absolute Gasteiger partial charge is 0.389 e. The number of piperidine rings is 1. The molecule has 0 radical (unpaired) electrons. The number of methoxy groups -OCH3 is 1. The van der Waals surface area contributed by atoms with E-state index in [4.69, 9.17) is 10.00 Å². The molecule has 2 heterocycles. The molecule has 0 saturated carbocycles. The first-order valence-corrected chi connectivity index (χ1v) is 6.71. The van der Waals surface area contributed by atoms with Gasteiger partial charge in [0.15, 0.2) is 0 Å². The molecule has 0 bridgehead atoms. The Morgan fingerprint density at radius 1 is 1.67 bits per heavy atom. The molecule has 1 aliphatic rings. The minimum atomic E-state index is -0.669. The number of aliphatic hydroxyl groups is 1. The minimum Gasteiger partial charge on any atom is -0.389 e. The van der Waals surface area contributed by atoms with Crippen molar-refractivity contribution in [2.45, 2.75) is 18.6 Å². The SMILES string of the molecule is COCC(=O)N1CC[C@@H](Nc2ccc(C#N)cn2)[C@H](O)C1. The predicted molar refractivity (Wildman–Crippen MR) is 75.4 cm³/mol. The average molecular weight is 290 g/mol. The molecule has 1 aromatic rings. The topological polar surface area (TPSA) is 98.5 Å². The van der Waals surface area contributed by atoms with Crippen LogP contribution in [0.2, 0.25) is 0 Å². The van der Waals surface area contributed by atoms with Crippen molar-refractivity contribution in [3.05, 3.63) is 23.9 Å². The van der Waals surface area contributed by atoms with Gasteiger partial charge in [0.2, 0.25) is 5.91 Å². The Morgan fingerprint density at radius 3 is 3.05 bits per heavy atom. The molecule has 0 aliphatic carbocycles. The normalized spacial score (nSPS) is 21.7. The van der Waals surface area contributed by atoms with E-state index in [0.29, 0.717) is 24.3 Å². The fourth-order valence-corrected chi connectivity index (χ4v) is 2.28. The zero-order valence-corrected chi connectivity index (χ0v) is 11.8. The second-order valence-electron chi connectivity index (χ2n) is 4.92. The molecule has 1 amide bonds. The Labute approximate surface area is 123 Å². The second kappa shape index (κ2) is 7.02. The third-order valence-corrected chi connectivity index (χ3v) is 3.43. The number of pyridine rings is 1. The van der Waals surface area contributed by atoms with E-state index in [2.05, 4.69) is 10.3 Å². The van der Waals surface area contributed by atoms with Gasteiger partial charge in [0.05, 0.1) is 17.7 Å². The van der Waals surface area contributed by atoms with Crippen LogP contribution in [-0.2, 0) is 9.53 Å². The van der Waals surface area contributed by atoms with E-state index in [1.54, 1.807) is 17.0 Å². The summed E-state index contributed by atoms with van der Waals surface area (Å²) >= 11 is 0. The molecular formula is C14H18N4O3. The van der Waals surface area contributed by atoms with Gasteiger partial charge in [0, 0.05) is 26.4 Å². The van der Waals surface area contributed by atoms with E-state index in [9.17, 15) is 9.90 Å². The monoisotopic (exact) mass is 290 g/mol. The van der Waals surface area contributed by atoms with Crippen molar-refractivity contribution in [3.63, 3.8) is 0 Å². The van der Waals surface area contributed by atoms with Crippen molar-refractivity contribution in [3.8, 4) is 6.07 Å². The van der Waals surface area contributed by atoms with Crippen LogP contribution < -0.4 is 5.32 Å². The number of carbonyl (C=O) groups excluding carboxylic acids is 1. The van der Waals surface area contributed by atoms with Crippen LogP contribution in [0.25, 0.3) is 0 Å². The minimum absolute atomic E-state index is 0.0298. The summed E-state index contributed by atoms with van der Waals surface area (Å²) in [6.07, 6.45) is 1.43. The van der Waals surface area contributed by atoms with Crippen LogP contribution in [0.5, 0.6) is 0 Å².